The Hall–Kier alpha value is -1.77. The molecule has 0 radical (unpaired) electrons. The Balaban J connectivity index is 1.93. The van der Waals surface area contributed by atoms with Gasteiger partial charge in [-0.05, 0) is 19.1 Å². The molecule has 2 aromatic rings. The molecule has 0 amide bonds. The fourth-order valence-electron chi connectivity index (χ4n) is 1.46. The number of aromatic nitrogens is 2. The molecule has 0 saturated carbocycles. The van der Waals surface area contributed by atoms with Gasteiger partial charge in [-0.15, -0.1) is 11.3 Å². The predicted octanol–water partition coefficient (Wildman–Crippen LogP) is 2.45. The van der Waals surface area contributed by atoms with E-state index < -0.39 is 0 Å². The quantitative estimate of drug-likeness (QED) is 0.895. The number of nitrogens with one attached hydrogen (secondary N) is 1. The summed E-state index contributed by atoms with van der Waals surface area (Å²) in [5, 5.41) is 14.8. The lowest BCUT2D eigenvalue weighted by Crippen LogP contribution is -2.19. The number of pyridine rings is 1. The molecule has 2 heterocycles. The summed E-state index contributed by atoms with van der Waals surface area (Å²) < 4.78 is 0. The molecule has 5 heteroatoms. The second-order valence-corrected chi connectivity index (χ2v) is 4.88. The first-order valence-corrected chi connectivity index (χ1v) is 6.63. The lowest BCUT2D eigenvalue weighted by molar-refractivity contribution is 0.597. The summed E-state index contributed by atoms with van der Waals surface area (Å²) in [5.41, 5.74) is 1.89. The number of rotatable bonds is 5. The number of thiazole rings is 1. The molecule has 1 atom stereocenters. The molecule has 0 aliphatic rings. The van der Waals surface area contributed by atoms with Gasteiger partial charge in [0.1, 0.15) is 5.01 Å². The summed E-state index contributed by atoms with van der Waals surface area (Å²) in [6.07, 6.45) is 1.77. The van der Waals surface area contributed by atoms with Gasteiger partial charge in [0.2, 0.25) is 0 Å². The van der Waals surface area contributed by atoms with E-state index in [0.717, 1.165) is 16.4 Å². The molecule has 18 heavy (non-hydrogen) atoms. The SMILES string of the molecule is CC(C#N)CNCc1csc(-c2ccccn2)n1. The molecule has 0 aliphatic carbocycles. The van der Waals surface area contributed by atoms with Crippen molar-refractivity contribution < 1.29 is 0 Å². The Morgan fingerprint density at radius 3 is 3.11 bits per heavy atom. The van der Waals surface area contributed by atoms with E-state index in [1.165, 1.54) is 0 Å². The summed E-state index contributed by atoms with van der Waals surface area (Å²) in [5.74, 6) is 0.0268. The number of hydrogen-bond acceptors (Lipinski definition) is 5. The van der Waals surface area contributed by atoms with Crippen LogP contribution in [0.3, 0.4) is 0 Å². The highest BCUT2D eigenvalue weighted by atomic mass is 32.1. The van der Waals surface area contributed by atoms with E-state index >= 15 is 0 Å². The first-order valence-electron chi connectivity index (χ1n) is 5.75. The van der Waals surface area contributed by atoms with Crippen LogP contribution in [0, 0.1) is 17.2 Å². The molecule has 0 spiro atoms. The van der Waals surface area contributed by atoms with Crippen LogP contribution < -0.4 is 5.32 Å². The molecule has 92 valence electrons. The van der Waals surface area contributed by atoms with Crippen LogP contribution in [-0.4, -0.2) is 16.5 Å². The average molecular weight is 258 g/mol. The lowest BCUT2D eigenvalue weighted by atomic mass is 10.2. The second-order valence-electron chi connectivity index (χ2n) is 4.02. The molecule has 4 nitrogen and oxygen atoms in total. The van der Waals surface area contributed by atoms with Crippen LogP contribution in [-0.2, 0) is 6.54 Å². The van der Waals surface area contributed by atoms with E-state index in [1.807, 2.05) is 30.5 Å². The molecular formula is C13H14N4S. The van der Waals surface area contributed by atoms with Crippen LogP contribution in [0.1, 0.15) is 12.6 Å². The van der Waals surface area contributed by atoms with Crippen LogP contribution in [0.15, 0.2) is 29.8 Å². The van der Waals surface area contributed by atoms with Gasteiger partial charge < -0.3 is 5.32 Å². The Morgan fingerprint density at radius 2 is 2.39 bits per heavy atom. The fourth-order valence-corrected chi connectivity index (χ4v) is 2.25. The molecule has 0 fully saturated rings. The highest BCUT2D eigenvalue weighted by Crippen LogP contribution is 2.21. The van der Waals surface area contributed by atoms with Gasteiger partial charge in [-0.2, -0.15) is 5.26 Å². The molecule has 0 saturated heterocycles. The van der Waals surface area contributed by atoms with Crippen molar-refractivity contribution in [2.24, 2.45) is 5.92 Å². The largest absolute Gasteiger partial charge is 0.310 e. The van der Waals surface area contributed by atoms with Crippen molar-refractivity contribution in [2.45, 2.75) is 13.5 Å². The Labute approximate surface area is 110 Å². The molecule has 0 aromatic carbocycles. The Kier molecular flexibility index (Phi) is 4.40. The van der Waals surface area contributed by atoms with E-state index in [0.29, 0.717) is 13.1 Å². The van der Waals surface area contributed by atoms with Crippen molar-refractivity contribution in [3.63, 3.8) is 0 Å². The summed E-state index contributed by atoms with van der Waals surface area (Å²) in [7, 11) is 0. The minimum atomic E-state index is 0.0268. The molecule has 0 aliphatic heterocycles. The summed E-state index contributed by atoms with van der Waals surface area (Å²) in [6.45, 7) is 3.27. The van der Waals surface area contributed by atoms with Crippen LogP contribution in [0.5, 0.6) is 0 Å². The maximum atomic E-state index is 8.67. The van der Waals surface area contributed by atoms with Gasteiger partial charge in [0.25, 0.3) is 0 Å². The van der Waals surface area contributed by atoms with E-state index in [-0.39, 0.29) is 5.92 Å². The van der Waals surface area contributed by atoms with Crippen LogP contribution in [0.25, 0.3) is 10.7 Å². The number of nitriles is 1. The van der Waals surface area contributed by atoms with Gasteiger partial charge in [0.15, 0.2) is 0 Å². The van der Waals surface area contributed by atoms with Crippen LogP contribution in [0.4, 0.5) is 0 Å². The van der Waals surface area contributed by atoms with Crippen LogP contribution >= 0.6 is 11.3 Å². The molecule has 0 bridgehead atoms. The van der Waals surface area contributed by atoms with E-state index in [9.17, 15) is 0 Å². The third kappa shape index (κ3) is 3.36. The van der Waals surface area contributed by atoms with Gasteiger partial charge >= 0.3 is 0 Å². The van der Waals surface area contributed by atoms with E-state index in [1.54, 1.807) is 17.5 Å². The predicted molar refractivity (Wildman–Crippen MR) is 71.8 cm³/mol. The van der Waals surface area contributed by atoms with Crippen molar-refractivity contribution in [1.82, 2.24) is 15.3 Å². The minimum absolute atomic E-state index is 0.0268. The number of hydrogen-bond donors (Lipinski definition) is 1. The van der Waals surface area contributed by atoms with Crippen molar-refractivity contribution >= 4 is 11.3 Å². The molecule has 2 aromatic heterocycles. The van der Waals surface area contributed by atoms with Crippen molar-refractivity contribution in [2.75, 3.05) is 6.54 Å². The normalized spacial score (nSPS) is 12.0. The fraction of sp³-hybridized carbons (Fsp3) is 0.308. The molecule has 2 rings (SSSR count). The average Bonchev–Trinajstić information content (AvgIpc) is 2.88. The Bertz CT molecular complexity index is 529. The van der Waals surface area contributed by atoms with Gasteiger partial charge in [-0.1, -0.05) is 6.07 Å². The standard InChI is InChI=1S/C13H14N4S/c1-10(6-14)7-15-8-11-9-18-13(17-11)12-4-2-3-5-16-12/h2-5,9-10,15H,7-8H2,1H3. The molecular weight excluding hydrogens is 244 g/mol. The highest BCUT2D eigenvalue weighted by Gasteiger charge is 2.05. The van der Waals surface area contributed by atoms with Crippen molar-refractivity contribution in [1.29, 1.82) is 5.26 Å². The summed E-state index contributed by atoms with van der Waals surface area (Å²) in [4.78, 5) is 8.78. The molecule has 1 unspecified atom stereocenters. The van der Waals surface area contributed by atoms with E-state index in [4.69, 9.17) is 5.26 Å². The first kappa shape index (κ1) is 12.7. The molecule has 1 N–H and O–H groups in total. The number of nitrogens with zero attached hydrogens (tertiary/aromatic N) is 3. The monoisotopic (exact) mass is 258 g/mol. The van der Waals surface area contributed by atoms with Gasteiger partial charge in [0, 0.05) is 24.7 Å². The summed E-state index contributed by atoms with van der Waals surface area (Å²) >= 11 is 1.59. The van der Waals surface area contributed by atoms with Gasteiger partial charge in [0.05, 0.1) is 23.4 Å². The zero-order valence-electron chi connectivity index (χ0n) is 10.1. The summed E-state index contributed by atoms with van der Waals surface area (Å²) in [6, 6.07) is 7.99. The Morgan fingerprint density at radius 1 is 1.50 bits per heavy atom. The van der Waals surface area contributed by atoms with E-state index in [2.05, 4.69) is 21.4 Å². The highest BCUT2D eigenvalue weighted by molar-refractivity contribution is 7.13. The van der Waals surface area contributed by atoms with Gasteiger partial charge in [-0.3, -0.25) is 4.98 Å². The zero-order valence-corrected chi connectivity index (χ0v) is 10.9. The maximum absolute atomic E-state index is 8.67. The topological polar surface area (TPSA) is 61.6 Å². The second kappa shape index (κ2) is 6.24. The smallest absolute Gasteiger partial charge is 0.142 e. The third-order valence-electron chi connectivity index (χ3n) is 2.41. The zero-order chi connectivity index (χ0) is 12.8. The van der Waals surface area contributed by atoms with Crippen LogP contribution in [0.2, 0.25) is 0 Å². The third-order valence-corrected chi connectivity index (χ3v) is 3.33. The van der Waals surface area contributed by atoms with Crippen molar-refractivity contribution in [3.05, 3.63) is 35.5 Å². The van der Waals surface area contributed by atoms with Gasteiger partial charge in [-0.25, -0.2) is 4.98 Å². The maximum Gasteiger partial charge on any atom is 0.142 e. The lowest BCUT2D eigenvalue weighted by Gasteiger charge is -2.02. The minimum Gasteiger partial charge on any atom is -0.310 e. The first-order chi connectivity index (χ1) is 8.79. The van der Waals surface area contributed by atoms with Crippen molar-refractivity contribution in [3.8, 4) is 16.8 Å².